The minimum Gasteiger partial charge on any atom is -0.344 e. The molecule has 2 rings (SSSR count). The van der Waals surface area contributed by atoms with Crippen molar-refractivity contribution in [1.82, 2.24) is 9.80 Å². The van der Waals surface area contributed by atoms with Gasteiger partial charge < -0.3 is 15.5 Å². The summed E-state index contributed by atoms with van der Waals surface area (Å²) in [6.07, 6.45) is 4.22. The Hall–Kier alpha value is -1.10. The van der Waals surface area contributed by atoms with E-state index in [0.29, 0.717) is 13.0 Å². The Bertz CT molecular complexity index is 326. The van der Waals surface area contributed by atoms with E-state index in [1.807, 2.05) is 0 Å². The summed E-state index contributed by atoms with van der Waals surface area (Å²) >= 11 is 0. The minimum absolute atomic E-state index is 0.0236. The molecule has 0 aromatic carbocycles. The van der Waals surface area contributed by atoms with Crippen molar-refractivity contribution in [2.45, 2.75) is 37.6 Å². The molecule has 2 N–H and O–H groups in total. The maximum atomic E-state index is 12.1. The number of hydrogen-bond donors (Lipinski definition) is 1. The van der Waals surface area contributed by atoms with Crippen LogP contribution in [0.15, 0.2) is 0 Å². The van der Waals surface area contributed by atoms with Crippen molar-refractivity contribution in [3.05, 3.63) is 0 Å². The van der Waals surface area contributed by atoms with Crippen LogP contribution >= 0.6 is 0 Å². The molecule has 1 heterocycles. The highest BCUT2D eigenvalue weighted by Crippen LogP contribution is 2.32. The van der Waals surface area contributed by atoms with Crippen LogP contribution < -0.4 is 5.73 Å². The number of likely N-dealkylation sites (N-methyl/N-ethyl adjacent to an activating group) is 1. The molecule has 0 atom stereocenters. The van der Waals surface area contributed by atoms with Gasteiger partial charge in [0.05, 0.1) is 6.54 Å². The van der Waals surface area contributed by atoms with E-state index in [4.69, 9.17) is 5.73 Å². The van der Waals surface area contributed by atoms with E-state index in [2.05, 4.69) is 0 Å². The van der Waals surface area contributed by atoms with Gasteiger partial charge in [-0.1, -0.05) is 0 Å². The summed E-state index contributed by atoms with van der Waals surface area (Å²) in [6.45, 7) is 1.62. The number of nitrogens with two attached hydrogens (primary N) is 1. The Kier molecular flexibility index (Phi) is 3.38. The molecular formula is C12H21N3O2. The van der Waals surface area contributed by atoms with Crippen molar-refractivity contribution < 1.29 is 9.59 Å². The van der Waals surface area contributed by atoms with E-state index in [9.17, 15) is 9.59 Å². The molecule has 2 amide bonds. The highest BCUT2D eigenvalue weighted by molar-refractivity contribution is 5.85. The van der Waals surface area contributed by atoms with Gasteiger partial charge in [-0.15, -0.1) is 0 Å². The lowest BCUT2D eigenvalue weighted by molar-refractivity contribution is -0.139. The van der Waals surface area contributed by atoms with Crippen molar-refractivity contribution in [2.24, 2.45) is 5.73 Å². The molecule has 1 aliphatic carbocycles. The van der Waals surface area contributed by atoms with Gasteiger partial charge in [-0.2, -0.15) is 0 Å². The molecule has 2 aliphatic rings. The number of hydrogen-bond acceptors (Lipinski definition) is 3. The zero-order valence-corrected chi connectivity index (χ0v) is 10.4. The zero-order valence-electron chi connectivity index (χ0n) is 10.4. The van der Waals surface area contributed by atoms with Gasteiger partial charge in [0.1, 0.15) is 0 Å². The quantitative estimate of drug-likeness (QED) is 0.734. The molecule has 0 radical (unpaired) electrons. The molecule has 2 fully saturated rings. The summed E-state index contributed by atoms with van der Waals surface area (Å²) in [5.74, 6) is 0.0615. The van der Waals surface area contributed by atoms with Gasteiger partial charge in [-0.25, -0.2) is 0 Å². The highest BCUT2D eigenvalue weighted by atomic mass is 16.2. The molecule has 1 saturated heterocycles. The van der Waals surface area contributed by atoms with Crippen LogP contribution in [0.4, 0.5) is 0 Å². The smallest absolute Gasteiger partial charge is 0.241 e. The summed E-state index contributed by atoms with van der Waals surface area (Å²) in [5, 5.41) is 0. The fraction of sp³-hybridized carbons (Fsp3) is 0.833. The molecule has 1 aliphatic heterocycles. The van der Waals surface area contributed by atoms with Crippen molar-refractivity contribution in [1.29, 1.82) is 0 Å². The van der Waals surface area contributed by atoms with E-state index in [1.54, 1.807) is 16.8 Å². The Balaban J connectivity index is 1.92. The van der Waals surface area contributed by atoms with Crippen LogP contribution in [0.25, 0.3) is 0 Å². The predicted molar refractivity (Wildman–Crippen MR) is 64.2 cm³/mol. The molecule has 0 aromatic heterocycles. The molecule has 0 spiro atoms. The van der Waals surface area contributed by atoms with Crippen LogP contribution in [0.1, 0.15) is 32.1 Å². The average molecular weight is 239 g/mol. The topological polar surface area (TPSA) is 66.6 Å². The van der Waals surface area contributed by atoms with E-state index >= 15 is 0 Å². The fourth-order valence-corrected chi connectivity index (χ4v) is 2.42. The first kappa shape index (κ1) is 12.4. The van der Waals surface area contributed by atoms with Crippen molar-refractivity contribution >= 4 is 11.8 Å². The first-order valence-electron chi connectivity index (χ1n) is 6.31. The Morgan fingerprint density at radius 1 is 1.35 bits per heavy atom. The van der Waals surface area contributed by atoms with Crippen LogP contribution in [-0.2, 0) is 9.59 Å². The van der Waals surface area contributed by atoms with Crippen molar-refractivity contribution in [3.8, 4) is 0 Å². The molecule has 0 unspecified atom stereocenters. The SMILES string of the molecule is CN1CCCN(C(=O)CC2(N)CCC2)CC1=O. The number of amides is 2. The number of carbonyl (C=O) groups excluding carboxylic acids is 2. The van der Waals surface area contributed by atoms with Gasteiger partial charge in [0.25, 0.3) is 0 Å². The third-order valence-electron chi connectivity index (χ3n) is 3.88. The third-order valence-corrected chi connectivity index (χ3v) is 3.88. The summed E-state index contributed by atoms with van der Waals surface area (Å²) in [7, 11) is 1.78. The largest absolute Gasteiger partial charge is 0.344 e. The van der Waals surface area contributed by atoms with E-state index < -0.39 is 0 Å². The van der Waals surface area contributed by atoms with Gasteiger partial charge in [0, 0.05) is 32.1 Å². The second-order valence-corrected chi connectivity index (χ2v) is 5.38. The van der Waals surface area contributed by atoms with Crippen LogP contribution in [0.3, 0.4) is 0 Å². The summed E-state index contributed by atoms with van der Waals surface area (Å²) < 4.78 is 0. The Morgan fingerprint density at radius 3 is 2.65 bits per heavy atom. The lowest BCUT2D eigenvalue weighted by Gasteiger charge is -2.38. The first-order chi connectivity index (χ1) is 8.00. The number of nitrogens with zero attached hydrogens (tertiary/aromatic N) is 2. The van der Waals surface area contributed by atoms with Gasteiger partial charge in [-0.3, -0.25) is 9.59 Å². The van der Waals surface area contributed by atoms with Crippen LogP contribution in [0.2, 0.25) is 0 Å². The maximum Gasteiger partial charge on any atom is 0.241 e. The first-order valence-corrected chi connectivity index (χ1v) is 6.31. The lowest BCUT2D eigenvalue weighted by Crippen LogP contribution is -2.51. The Morgan fingerprint density at radius 2 is 2.06 bits per heavy atom. The second-order valence-electron chi connectivity index (χ2n) is 5.38. The van der Waals surface area contributed by atoms with E-state index in [1.165, 1.54) is 0 Å². The third kappa shape index (κ3) is 2.77. The molecule has 17 heavy (non-hydrogen) atoms. The average Bonchev–Trinajstić information content (AvgIpc) is 2.39. The standard InChI is InChI=1S/C12H21N3O2/c1-14-6-3-7-15(9-11(14)17)10(16)8-12(13)4-2-5-12/h2-9,13H2,1H3. The molecule has 0 bridgehead atoms. The normalized spacial score (nSPS) is 24.2. The molecule has 96 valence electrons. The lowest BCUT2D eigenvalue weighted by atomic mass is 9.75. The van der Waals surface area contributed by atoms with E-state index in [-0.39, 0.29) is 23.9 Å². The predicted octanol–water partition coefficient (Wildman–Crippen LogP) is -0.0514. The minimum atomic E-state index is -0.293. The molecule has 5 nitrogen and oxygen atoms in total. The van der Waals surface area contributed by atoms with Crippen LogP contribution in [0.5, 0.6) is 0 Å². The van der Waals surface area contributed by atoms with Gasteiger partial charge >= 0.3 is 0 Å². The molecule has 5 heteroatoms. The summed E-state index contributed by atoms with van der Waals surface area (Å²) in [5.41, 5.74) is 5.78. The summed E-state index contributed by atoms with van der Waals surface area (Å²) in [6, 6.07) is 0. The van der Waals surface area contributed by atoms with Crippen LogP contribution in [0, 0.1) is 0 Å². The number of carbonyl (C=O) groups is 2. The second kappa shape index (κ2) is 4.64. The van der Waals surface area contributed by atoms with E-state index in [0.717, 1.165) is 32.2 Å². The maximum absolute atomic E-state index is 12.1. The zero-order chi connectivity index (χ0) is 12.5. The van der Waals surface area contributed by atoms with Gasteiger partial charge in [-0.05, 0) is 25.7 Å². The Labute approximate surface area is 102 Å². The number of rotatable bonds is 2. The highest BCUT2D eigenvalue weighted by Gasteiger charge is 2.36. The summed E-state index contributed by atoms with van der Waals surface area (Å²) in [4.78, 5) is 27.1. The van der Waals surface area contributed by atoms with Crippen LogP contribution in [-0.4, -0.2) is 53.8 Å². The van der Waals surface area contributed by atoms with Gasteiger partial charge in [0.15, 0.2) is 0 Å². The van der Waals surface area contributed by atoms with Crippen molar-refractivity contribution in [3.63, 3.8) is 0 Å². The molecular weight excluding hydrogens is 218 g/mol. The van der Waals surface area contributed by atoms with Crippen molar-refractivity contribution in [2.75, 3.05) is 26.7 Å². The monoisotopic (exact) mass is 239 g/mol. The molecule has 1 saturated carbocycles. The molecule has 0 aromatic rings. The van der Waals surface area contributed by atoms with Gasteiger partial charge in [0.2, 0.25) is 11.8 Å². The fourth-order valence-electron chi connectivity index (χ4n) is 2.42.